The molecule has 1 heterocycles. The van der Waals surface area contributed by atoms with Gasteiger partial charge >= 0.3 is 10.2 Å². The summed E-state index contributed by atoms with van der Waals surface area (Å²) in [6.45, 7) is 0. The summed E-state index contributed by atoms with van der Waals surface area (Å²) in [7, 11) is -4.83. The van der Waals surface area contributed by atoms with E-state index < -0.39 is 20.8 Å². The van der Waals surface area contributed by atoms with Crippen molar-refractivity contribution in [2.75, 3.05) is 0 Å². The molecule has 6 heteroatoms. The third-order valence-electron chi connectivity index (χ3n) is 1.14. The van der Waals surface area contributed by atoms with E-state index >= 15 is 0 Å². The normalized spacial score (nSPS) is 10.7. The zero-order chi connectivity index (χ0) is 9.19. The van der Waals surface area contributed by atoms with Crippen LogP contribution in [0.3, 0.4) is 0 Å². The standard InChI is InChI=1S/C6H3FN2O2S/c7-12(10,11)6-2-1-3-9-5(6)4-8/h1-3H. The minimum absolute atomic E-state index is 0.431. The van der Waals surface area contributed by atoms with Gasteiger partial charge in [0, 0.05) is 6.20 Å². The quantitative estimate of drug-likeness (QED) is 0.602. The highest BCUT2D eigenvalue weighted by atomic mass is 32.3. The van der Waals surface area contributed by atoms with Crippen LogP contribution in [0.25, 0.3) is 0 Å². The molecule has 0 atom stereocenters. The second-order valence-corrected chi connectivity index (χ2v) is 3.22. The summed E-state index contributed by atoms with van der Waals surface area (Å²) in [5.41, 5.74) is -0.431. The zero-order valence-electron chi connectivity index (χ0n) is 5.73. The van der Waals surface area contributed by atoms with Gasteiger partial charge in [0.25, 0.3) is 0 Å². The fraction of sp³-hybridized carbons (Fsp3) is 0. The van der Waals surface area contributed by atoms with Crippen LogP contribution in [0.5, 0.6) is 0 Å². The lowest BCUT2D eigenvalue weighted by Gasteiger charge is -1.94. The van der Waals surface area contributed by atoms with Crippen LogP contribution >= 0.6 is 0 Å². The highest BCUT2D eigenvalue weighted by Gasteiger charge is 2.17. The lowest BCUT2D eigenvalue weighted by Crippen LogP contribution is -1.97. The first kappa shape index (κ1) is 8.62. The maximum atomic E-state index is 12.3. The van der Waals surface area contributed by atoms with Crippen LogP contribution in [0, 0.1) is 11.3 Å². The van der Waals surface area contributed by atoms with Crippen LogP contribution in [0.4, 0.5) is 3.89 Å². The molecule has 0 N–H and O–H groups in total. The topological polar surface area (TPSA) is 70.8 Å². The monoisotopic (exact) mass is 186 g/mol. The molecule has 0 aromatic carbocycles. The van der Waals surface area contributed by atoms with Gasteiger partial charge in [0.15, 0.2) is 5.69 Å². The summed E-state index contributed by atoms with van der Waals surface area (Å²) in [6, 6.07) is 3.70. The lowest BCUT2D eigenvalue weighted by atomic mass is 10.4. The Kier molecular flexibility index (Phi) is 2.06. The molecule has 0 aliphatic heterocycles. The van der Waals surface area contributed by atoms with E-state index in [0.29, 0.717) is 0 Å². The molecule has 0 unspecified atom stereocenters. The van der Waals surface area contributed by atoms with Crippen LogP contribution < -0.4 is 0 Å². The van der Waals surface area contributed by atoms with E-state index in [4.69, 9.17) is 5.26 Å². The molecule has 0 saturated carbocycles. The summed E-state index contributed by atoms with van der Waals surface area (Å²) in [4.78, 5) is 2.70. The van der Waals surface area contributed by atoms with Crippen molar-refractivity contribution in [3.05, 3.63) is 24.0 Å². The smallest absolute Gasteiger partial charge is 0.244 e. The van der Waals surface area contributed by atoms with E-state index in [9.17, 15) is 12.3 Å². The van der Waals surface area contributed by atoms with E-state index in [2.05, 4.69) is 4.98 Å². The zero-order valence-corrected chi connectivity index (χ0v) is 6.55. The Morgan fingerprint density at radius 2 is 2.25 bits per heavy atom. The molecule has 0 radical (unpaired) electrons. The van der Waals surface area contributed by atoms with Gasteiger partial charge in [0.05, 0.1) is 0 Å². The summed E-state index contributed by atoms with van der Waals surface area (Å²) in [6.07, 6.45) is 1.22. The van der Waals surface area contributed by atoms with Crippen LogP contribution in [0.1, 0.15) is 5.69 Å². The van der Waals surface area contributed by atoms with E-state index in [-0.39, 0.29) is 0 Å². The van der Waals surface area contributed by atoms with Crippen LogP contribution in [-0.4, -0.2) is 13.4 Å². The molecule has 0 fully saturated rings. The Morgan fingerprint density at radius 1 is 1.58 bits per heavy atom. The molecule has 0 saturated heterocycles. The molecule has 62 valence electrons. The minimum Gasteiger partial charge on any atom is -0.244 e. The van der Waals surface area contributed by atoms with Crippen LogP contribution in [-0.2, 0) is 10.2 Å². The van der Waals surface area contributed by atoms with E-state index in [1.807, 2.05) is 0 Å². The fourth-order valence-electron chi connectivity index (χ4n) is 0.671. The molecular weight excluding hydrogens is 183 g/mol. The summed E-state index contributed by atoms with van der Waals surface area (Å²) in [5, 5.41) is 8.34. The lowest BCUT2D eigenvalue weighted by molar-refractivity contribution is 0.551. The number of halogens is 1. The first-order valence-electron chi connectivity index (χ1n) is 2.85. The van der Waals surface area contributed by atoms with Crippen LogP contribution in [0.15, 0.2) is 23.2 Å². The molecule has 12 heavy (non-hydrogen) atoms. The molecule has 1 rings (SSSR count). The van der Waals surface area contributed by atoms with Gasteiger partial charge in [-0.15, -0.1) is 3.89 Å². The molecule has 0 aliphatic carbocycles. The van der Waals surface area contributed by atoms with Crippen molar-refractivity contribution in [1.82, 2.24) is 4.98 Å². The molecule has 0 bridgehead atoms. The van der Waals surface area contributed by atoms with E-state index in [1.54, 1.807) is 0 Å². The third-order valence-corrected chi connectivity index (χ3v) is 1.99. The van der Waals surface area contributed by atoms with Crippen molar-refractivity contribution >= 4 is 10.2 Å². The SMILES string of the molecule is N#Cc1ncccc1S(=O)(=O)F. The Bertz CT molecular complexity index is 435. The van der Waals surface area contributed by atoms with Crippen molar-refractivity contribution in [2.45, 2.75) is 4.90 Å². The fourth-order valence-corrected chi connectivity index (χ4v) is 1.24. The minimum atomic E-state index is -4.83. The summed E-state index contributed by atoms with van der Waals surface area (Å²) in [5.74, 6) is 0. The molecule has 1 aromatic rings. The molecule has 0 spiro atoms. The van der Waals surface area contributed by atoms with Crippen molar-refractivity contribution in [1.29, 1.82) is 5.26 Å². The number of hydrogen-bond acceptors (Lipinski definition) is 4. The molecular formula is C6H3FN2O2S. The third kappa shape index (κ3) is 1.57. The summed E-state index contributed by atoms with van der Waals surface area (Å²) >= 11 is 0. The number of nitrogens with zero attached hydrogens (tertiary/aromatic N) is 2. The highest BCUT2D eigenvalue weighted by Crippen LogP contribution is 2.13. The molecule has 1 aromatic heterocycles. The number of hydrogen-bond donors (Lipinski definition) is 0. The van der Waals surface area contributed by atoms with Gasteiger partial charge in [0.1, 0.15) is 11.0 Å². The first-order valence-corrected chi connectivity index (χ1v) is 4.24. The van der Waals surface area contributed by atoms with Crippen LogP contribution in [0.2, 0.25) is 0 Å². The van der Waals surface area contributed by atoms with Gasteiger partial charge in [-0.25, -0.2) is 4.98 Å². The van der Waals surface area contributed by atoms with E-state index in [1.165, 1.54) is 18.3 Å². The van der Waals surface area contributed by atoms with Gasteiger partial charge in [-0.3, -0.25) is 0 Å². The highest BCUT2D eigenvalue weighted by molar-refractivity contribution is 7.86. The van der Waals surface area contributed by atoms with Crippen molar-refractivity contribution < 1.29 is 12.3 Å². The number of rotatable bonds is 1. The first-order chi connectivity index (χ1) is 5.55. The Labute approximate surface area is 68.5 Å². The van der Waals surface area contributed by atoms with Gasteiger partial charge in [-0.05, 0) is 12.1 Å². The number of nitriles is 1. The number of aromatic nitrogens is 1. The summed E-state index contributed by atoms with van der Waals surface area (Å²) < 4.78 is 33.1. The average Bonchev–Trinajstić information content (AvgIpc) is 2.03. The second kappa shape index (κ2) is 2.87. The Hall–Kier alpha value is -1.48. The average molecular weight is 186 g/mol. The molecule has 0 amide bonds. The van der Waals surface area contributed by atoms with Crippen molar-refractivity contribution in [2.24, 2.45) is 0 Å². The van der Waals surface area contributed by atoms with Gasteiger partial charge in [0.2, 0.25) is 0 Å². The van der Waals surface area contributed by atoms with E-state index in [0.717, 1.165) is 6.07 Å². The largest absolute Gasteiger partial charge is 0.334 e. The maximum Gasteiger partial charge on any atom is 0.334 e. The second-order valence-electron chi connectivity index (χ2n) is 1.90. The van der Waals surface area contributed by atoms with Crippen molar-refractivity contribution in [3.63, 3.8) is 0 Å². The van der Waals surface area contributed by atoms with Crippen molar-refractivity contribution in [3.8, 4) is 6.07 Å². The Morgan fingerprint density at radius 3 is 2.67 bits per heavy atom. The molecule has 4 nitrogen and oxygen atoms in total. The maximum absolute atomic E-state index is 12.3. The predicted octanol–water partition coefficient (Wildman–Crippen LogP) is 0.611. The Balaban J connectivity index is 3.47. The molecule has 0 aliphatic rings. The van der Waals surface area contributed by atoms with Gasteiger partial charge < -0.3 is 0 Å². The predicted molar refractivity (Wildman–Crippen MR) is 37.2 cm³/mol. The van der Waals surface area contributed by atoms with Gasteiger partial charge in [-0.2, -0.15) is 13.7 Å². The number of pyridine rings is 1. The van der Waals surface area contributed by atoms with Gasteiger partial charge in [-0.1, -0.05) is 0 Å².